The zero-order chi connectivity index (χ0) is 20.3. The van der Waals surface area contributed by atoms with Crippen molar-refractivity contribution in [2.75, 3.05) is 0 Å². The van der Waals surface area contributed by atoms with Gasteiger partial charge < -0.3 is 16.6 Å². The number of allylic oxidation sites excluding steroid dienone is 2. The molecule has 0 saturated heterocycles. The van der Waals surface area contributed by atoms with Gasteiger partial charge in [-0.25, -0.2) is 4.39 Å². The maximum Gasteiger partial charge on any atom is 0.244 e. The molecule has 0 saturated carbocycles. The molecule has 0 fully saturated rings. The molecule has 6 heteroatoms. The average molecular weight is 380 g/mol. The number of aliphatic hydroxyl groups is 1. The summed E-state index contributed by atoms with van der Waals surface area (Å²) < 4.78 is 14.5. The number of hydrogen-bond donors (Lipinski definition) is 3. The number of nitrogens with two attached hydrogens (primary N) is 2. The lowest BCUT2D eigenvalue weighted by molar-refractivity contribution is -0.125. The molecule has 0 spiro atoms. The summed E-state index contributed by atoms with van der Waals surface area (Å²) in [5.41, 5.74) is 12.6. The van der Waals surface area contributed by atoms with Crippen molar-refractivity contribution in [3.05, 3.63) is 83.2 Å². The molecular weight excluding hydrogens is 359 g/mol. The first-order chi connectivity index (χ1) is 13.3. The number of primary amides is 2. The fraction of sp³-hybridized carbons (Fsp3) is 0.182. The van der Waals surface area contributed by atoms with Crippen LogP contribution in [0.3, 0.4) is 0 Å². The first-order valence-corrected chi connectivity index (χ1v) is 8.81. The van der Waals surface area contributed by atoms with E-state index in [0.717, 1.165) is 0 Å². The Balaban J connectivity index is 1.98. The van der Waals surface area contributed by atoms with Gasteiger partial charge in [0.2, 0.25) is 11.8 Å². The highest BCUT2D eigenvalue weighted by Crippen LogP contribution is 2.36. The fourth-order valence-corrected chi connectivity index (χ4v) is 3.46. The third-order valence-corrected chi connectivity index (χ3v) is 5.00. The first-order valence-electron chi connectivity index (χ1n) is 8.81. The van der Waals surface area contributed by atoms with Crippen LogP contribution in [0.2, 0.25) is 0 Å². The lowest BCUT2D eigenvalue weighted by atomic mass is 9.73. The predicted molar refractivity (Wildman–Crippen MR) is 104 cm³/mol. The number of benzene rings is 2. The summed E-state index contributed by atoms with van der Waals surface area (Å²) in [6.07, 6.45) is 5.14. The minimum atomic E-state index is -1.11. The van der Waals surface area contributed by atoms with E-state index in [1.807, 2.05) is 0 Å². The molecule has 1 unspecified atom stereocenters. The van der Waals surface area contributed by atoms with Crippen LogP contribution in [0, 0.1) is 11.2 Å². The Bertz CT molecular complexity index is 997. The van der Waals surface area contributed by atoms with E-state index >= 15 is 0 Å². The summed E-state index contributed by atoms with van der Waals surface area (Å²) in [7, 11) is 0. The van der Waals surface area contributed by atoms with Crippen LogP contribution in [0.5, 0.6) is 0 Å². The zero-order valence-electron chi connectivity index (χ0n) is 15.2. The monoisotopic (exact) mass is 380 g/mol. The summed E-state index contributed by atoms with van der Waals surface area (Å²) in [4.78, 5) is 23.8. The molecule has 5 nitrogen and oxygen atoms in total. The Hall–Kier alpha value is -3.25. The van der Waals surface area contributed by atoms with Crippen molar-refractivity contribution in [1.82, 2.24) is 0 Å². The lowest BCUT2D eigenvalue weighted by Gasteiger charge is -2.30. The summed E-state index contributed by atoms with van der Waals surface area (Å²) in [5, 5.41) is 9.32. The van der Waals surface area contributed by atoms with Crippen LogP contribution in [0.1, 0.15) is 17.5 Å². The fourth-order valence-electron chi connectivity index (χ4n) is 3.46. The summed E-state index contributed by atoms with van der Waals surface area (Å²) in [6.45, 7) is -0.146. The molecule has 1 aliphatic rings. The van der Waals surface area contributed by atoms with Gasteiger partial charge in [-0.2, -0.15) is 0 Å². The number of hydrogen-bond acceptors (Lipinski definition) is 3. The third kappa shape index (κ3) is 3.87. The highest BCUT2D eigenvalue weighted by Gasteiger charge is 2.37. The van der Waals surface area contributed by atoms with Gasteiger partial charge in [0.05, 0.1) is 12.0 Å². The van der Waals surface area contributed by atoms with Crippen LogP contribution in [0.4, 0.5) is 4.39 Å². The Morgan fingerprint density at radius 2 is 1.89 bits per heavy atom. The first kappa shape index (κ1) is 19.5. The van der Waals surface area contributed by atoms with Crippen molar-refractivity contribution < 1.29 is 19.1 Å². The van der Waals surface area contributed by atoms with Gasteiger partial charge in [-0.05, 0) is 47.7 Å². The zero-order valence-corrected chi connectivity index (χ0v) is 15.2. The number of carbonyl (C=O) groups excluding carboxylic acids is 2. The van der Waals surface area contributed by atoms with Gasteiger partial charge in [0.25, 0.3) is 0 Å². The van der Waals surface area contributed by atoms with Crippen LogP contribution in [0.25, 0.3) is 11.1 Å². The van der Waals surface area contributed by atoms with Gasteiger partial charge in [-0.15, -0.1) is 0 Å². The molecule has 1 aliphatic carbocycles. The smallest absolute Gasteiger partial charge is 0.244 e. The minimum absolute atomic E-state index is 0.0981. The van der Waals surface area contributed by atoms with E-state index in [9.17, 15) is 19.1 Å². The second-order valence-electron chi connectivity index (χ2n) is 6.96. The van der Waals surface area contributed by atoms with Gasteiger partial charge in [-0.3, -0.25) is 9.59 Å². The maximum atomic E-state index is 14.5. The van der Waals surface area contributed by atoms with Crippen LogP contribution in [-0.2, 0) is 22.6 Å². The number of rotatable bonds is 6. The van der Waals surface area contributed by atoms with Gasteiger partial charge in [0.1, 0.15) is 5.82 Å². The normalized spacial score (nSPS) is 18.6. The molecule has 0 heterocycles. The van der Waals surface area contributed by atoms with E-state index in [0.29, 0.717) is 27.8 Å². The van der Waals surface area contributed by atoms with Crippen LogP contribution < -0.4 is 11.5 Å². The molecule has 2 aromatic rings. The molecule has 5 N–H and O–H groups in total. The summed E-state index contributed by atoms with van der Waals surface area (Å²) >= 11 is 0. The molecule has 144 valence electrons. The average Bonchev–Trinajstić information content (AvgIpc) is 2.69. The number of halogens is 1. The summed E-state index contributed by atoms with van der Waals surface area (Å²) in [5.74, 6) is -1.59. The minimum Gasteiger partial charge on any atom is -0.392 e. The lowest BCUT2D eigenvalue weighted by Crippen LogP contribution is -2.40. The SMILES string of the molecule is NC(=O)C1=CC=CC(Cc2ccc(F)c(-c3cccc(CO)c3)c2)(C(N)=O)C1. The van der Waals surface area contributed by atoms with Crippen molar-refractivity contribution in [2.45, 2.75) is 19.4 Å². The van der Waals surface area contributed by atoms with Crippen LogP contribution in [0.15, 0.2) is 66.3 Å². The molecule has 0 radical (unpaired) electrons. The molecule has 2 aromatic carbocycles. The molecule has 0 aliphatic heterocycles. The van der Waals surface area contributed by atoms with Crippen molar-refractivity contribution in [3.8, 4) is 11.1 Å². The molecule has 28 heavy (non-hydrogen) atoms. The van der Waals surface area contributed by atoms with Crippen molar-refractivity contribution in [3.63, 3.8) is 0 Å². The summed E-state index contributed by atoms with van der Waals surface area (Å²) in [6, 6.07) is 11.5. The standard InChI is InChI=1S/C22H21FN2O3/c23-19-7-6-14(10-18(19)16-4-1-3-15(9-16)13-26)11-22(21(25)28)8-2-5-17(12-22)20(24)27/h1-10,26H,11-13H2,(H2,24,27)(H2,25,28). The second kappa shape index (κ2) is 7.78. The largest absolute Gasteiger partial charge is 0.392 e. The number of amides is 2. The molecule has 0 bridgehead atoms. The second-order valence-corrected chi connectivity index (χ2v) is 6.96. The Kier molecular flexibility index (Phi) is 5.42. The number of aliphatic hydroxyl groups excluding tert-OH is 1. The molecule has 2 amide bonds. The topological polar surface area (TPSA) is 106 Å². The van der Waals surface area contributed by atoms with Gasteiger partial charge in [0.15, 0.2) is 0 Å². The highest BCUT2D eigenvalue weighted by molar-refractivity contribution is 5.95. The maximum absolute atomic E-state index is 14.5. The van der Waals surface area contributed by atoms with E-state index < -0.39 is 23.0 Å². The van der Waals surface area contributed by atoms with E-state index in [1.54, 1.807) is 54.6 Å². The molecule has 1 atom stereocenters. The van der Waals surface area contributed by atoms with E-state index in [1.165, 1.54) is 6.07 Å². The van der Waals surface area contributed by atoms with E-state index in [-0.39, 0.29) is 19.4 Å². The Morgan fingerprint density at radius 1 is 1.11 bits per heavy atom. The van der Waals surface area contributed by atoms with Crippen molar-refractivity contribution >= 4 is 11.8 Å². The van der Waals surface area contributed by atoms with E-state index in [4.69, 9.17) is 11.5 Å². The predicted octanol–water partition coefficient (Wildman–Crippen LogP) is 2.37. The van der Waals surface area contributed by atoms with Gasteiger partial charge in [-0.1, -0.05) is 42.5 Å². The van der Waals surface area contributed by atoms with Crippen molar-refractivity contribution in [2.24, 2.45) is 16.9 Å². The van der Waals surface area contributed by atoms with Crippen LogP contribution in [-0.4, -0.2) is 16.9 Å². The Labute approximate surface area is 162 Å². The van der Waals surface area contributed by atoms with E-state index in [2.05, 4.69) is 0 Å². The Morgan fingerprint density at radius 3 is 2.57 bits per heavy atom. The van der Waals surface area contributed by atoms with Crippen LogP contribution >= 0.6 is 0 Å². The quantitative estimate of drug-likeness (QED) is 0.716. The highest BCUT2D eigenvalue weighted by atomic mass is 19.1. The van der Waals surface area contributed by atoms with Crippen molar-refractivity contribution in [1.29, 1.82) is 0 Å². The van der Waals surface area contributed by atoms with Gasteiger partial charge in [0, 0.05) is 11.1 Å². The third-order valence-electron chi connectivity index (χ3n) is 5.00. The molecule has 0 aromatic heterocycles. The molecule has 3 rings (SSSR count). The molecular formula is C22H21FN2O3. The number of carbonyl (C=O) groups is 2. The van der Waals surface area contributed by atoms with Gasteiger partial charge >= 0.3 is 0 Å².